The fraction of sp³-hybridized carbons (Fsp3) is 0.450. The highest BCUT2D eigenvalue weighted by Gasteiger charge is 2.32. The van der Waals surface area contributed by atoms with Crippen LogP contribution in [0.3, 0.4) is 0 Å². The van der Waals surface area contributed by atoms with E-state index in [9.17, 15) is 4.79 Å². The van der Waals surface area contributed by atoms with E-state index in [1.165, 1.54) is 0 Å². The summed E-state index contributed by atoms with van der Waals surface area (Å²) in [5, 5.41) is 3.06. The standard InChI is InChI=1S/C20H27N3O2/c1-16(2)19-15-22(14-18-9-6-12-25-18)10-11-23(19)20(24)21-13-17-7-4-3-5-8-17/h3-9,12,16,19H,10-11,13-15H2,1-2H3,(H,21,24)/t19-/m1/s1. The molecule has 5 nitrogen and oxygen atoms in total. The van der Waals surface area contributed by atoms with Crippen molar-refractivity contribution in [2.75, 3.05) is 19.6 Å². The van der Waals surface area contributed by atoms with Crippen LogP contribution in [0, 0.1) is 5.92 Å². The lowest BCUT2D eigenvalue weighted by Crippen LogP contribution is -2.58. The van der Waals surface area contributed by atoms with Gasteiger partial charge >= 0.3 is 6.03 Å². The second kappa shape index (κ2) is 8.21. The van der Waals surface area contributed by atoms with E-state index < -0.39 is 0 Å². The molecule has 1 aliphatic heterocycles. The van der Waals surface area contributed by atoms with Gasteiger partial charge in [-0.05, 0) is 23.6 Å². The molecule has 1 N–H and O–H groups in total. The Morgan fingerprint density at radius 3 is 2.68 bits per heavy atom. The number of furan rings is 1. The van der Waals surface area contributed by atoms with Crippen LogP contribution in [-0.2, 0) is 13.1 Å². The fourth-order valence-electron chi connectivity index (χ4n) is 3.33. The number of carbonyl (C=O) groups excluding carboxylic acids is 1. The molecule has 0 aliphatic carbocycles. The summed E-state index contributed by atoms with van der Waals surface area (Å²) in [5.41, 5.74) is 1.12. The van der Waals surface area contributed by atoms with Gasteiger partial charge in [-0.25, -0.2) is 4.79 Å². The molecule has 1 atom stereocenters. The third-order valence-electron chi connectivity index (χ3n) is 4.78. The number of nitrogens with zero attached hydrogens (tertiary/aromatic N) is 2. The summed E-state index contributed by atoms with van der Waals surface area (Å²) in [6.07, 6.45) is 1.71. The monoisotopic (exact) mass is 341 g/mol. The van der Waals surface area contributed by atoms with Gasteiger partial charge < -0.3 is 14.6 Å². The maximum absolute atomic E-state index is 12.7. The van der Waals surface area contributed by atoms with Gasteiger partial charge in [0.15, 0.2) is 0 Å². The quantitative estimate of drug-likeness (QED) is 0.907. The largest absolute Gasteiger partial charge is 0.468 e. The van der Waals surface area contributed by atoms with Gasteiger partial charge in [0.1, 0.15) is 5.76 Å². The third kappa shape index (κ3) is 4.63. The van der Waals surface area contributed by atoms with Crippen molar-refractivity contribution in [1.82, 2.24) is 15.1 Å². The van der Waals surface area contributed by atoms with Crippen molar-refractivity contribution in [3.05, 3.63) is 60.1 Å². The van der Waals surface area contributed by atoms with Crippen molar-refractivity contribution in [2.45, 2.75) is 33.0 Å². The molecule has 1 saturated heterocycles. The third-order valence-corrected chi connectivity index (χ3v) is 4.78. The van der Waals surface area contributed by atoms with Gasteiger partial charge in [-0.3, -0.25) is 4.90 Å². The lowest BCUT2D eigenvalue weighted by atomic mass is 9.99. The van der Waals surface area contributed by atoms with Crippen molar-refractivity contribution in [3.63, 3.8) is 0 Å². The first kappa shape index (κ1) is 17.5. The maximum atomic E-state index is 12.7. The maximum Gasteiger partial charge on any atom is 0.318 e. The molecular formula is C20H27N3O2. The topological polar surface area (TPSA) is 48.7 Å². The summed E-state index contributed by atoms with van der Waals surface area (Å²) >= 11 is 0. The molecule has 2 aromatic rings. The minimum atomic E-state index is 0.0280. The number of urea groups is 1. The van der Waals surface area contributed by atoms with Crippen LogP contribution in [0.1, 0.15) is 25.2 Å². The average molecular weight is 341 g/mol. The molecule has 1 fully saturated rings. The molecule has 0 unspecified atom stereocenters. The van der Waals surface area contributed by atoms with E-state index in [0.29, 0.717) is 12.5 Å². The Balaban J connectivity index is 1.57. The second-order valence-electron chi connectivity index (χ2n) is 6.96. The van der Waals surface area contributed by atoms with Gasteiger partial charge in [0.2, 0.25) is 0 Å². The van der Waals surface area contributed by atoms with Crippen LogP contribution in [0.5, 0.6) is 0 Å². The van der Waals surface area contributed by atoms with Gasteiger partial charge in [-0.15, -0.1) is 0 Å². The molecular weight excluding hydrogens is 314 g/mol. The lowest BCUT2D eigenvalue weighted by molar-refractivity contribution is 0.0648. The molecule has 0 saturated carbocycles. The predicted molar refractivity (Wildman–Crippen MR) is 98.0 cm³/mol. The Bertz CT molecular complexity index is 655. The van der Waals surface area contributed by atoms with Crippen molar-refractivity contribution in [2.24, 2.45) is 5.92 Å². The van der Waals surface area contributed by atoms with Crippen molar-refractivity contribution < 1.29 is 9.21 Å². The Kier molecular flexibility index (Phi) is 5.76. The van der Waals surface area contributed by atoms with E-state index >= 15 is 0 Å². The van der Waals surface area contributed by atoms with Crippen LogP contribution < -0.4 is 5.32 Å². The highest BCUT2D eigenvalue weighted by atomic mass is 16.3. The zero-order valence-electron chi connectivity index (χ0n) is 15.0. The molecule has 2 amide bonds. The smallest absolute Gasteiger partial charge is 0.318 e. The number of rotatable bonds is 5. The van der Waals surface area contributed by atoms with Crippen LogP contribution in [-0.4, -0.2) is 41.5 Å². The van der Waals surface area contributed by atoms with E-state index in [0.717, 1.165) is 37.5 Å². The van der Waals surface area contributed by atoms with Gasteiger partial charge in [-0.1, -0.05) is 44.2 Å². The van der Waals surface area contributed by atoms with Crippen LogP contribution in [0.25, 0.3) is 0 Å². The van der Waals surface area contributed by atoms with E-state index in [1.54, 1.807) is 6.26 Å². The summed E-state index contributed by atoms with van der Waals surface area (Å²) < 4.78 is 5.46. The van der Waals surface area contributed by atoms with Crippen LogP contribution in [0.4, 0.5) is 4.79 Å². The van der Waals surface area contributed by atoms with Crippen molar-refractivity contribution in [3.8, 4) is 0 Å². The van der Waals surface area contributed by atoms with Gasteiger partial charge in [0.25, 0.3) is 0 Å². The number of benzene rings is 1. The van der Waals surface area contributed by atoms with Gasteiger partial charge in [0, 0.05) is 32.2 Å². The minimum Gasteiger partial charge on any atom is -0.468 e. The van der Waals surface area contributed by atoms with E-state index in [4.69, 9.17) is 4.42 Å². The SMILES string of the molecule is CC(C)[C@H]1CN(Cc2ccco2)CCN1C(=O)NCc1ccccc1. The Labute approximate surface area is 149 Å². The van der Waals surface area contributed by atoms with Crippen molar-refractivity contribution >= 4 is 6.03 Å². The van der Waals surface area contributed by atoms with E-state index in [2.05, 4.69) is 24.1 Å². The highest BCUT2D eigenvalue weighted by molar-refractivity contribution is 5.74. The zero-order valence-corrected chi connectivity index (χ0v) is 15.0. The predicted octanol–water partition coefficient (Wildman–Crippen LogP) is 3.33. The Hall–Kier alpha value is -2.27. The molecule has 1 aromatic carbocycles. The highest BCUT2D eigenvalue weighted by Crippen LogP contribution is 2.19. The first-order valence-corrected chi connectivity index (χ1v) is 8.96. The first-order valence-electron chi connectivity index (χ1n) is 8.96. The molecule has 1 aliphatic rings. The molecule has 2 heterocycles. The summed E-state index contributed by atoms with van der Waals surface area (Å²) in [7, 11) is 0. The molecule has 0 spiro atoms. The normalized spacial score (nSPS) is 18.5. The molecule has 1 aromatic heterocycles. The van der Waals surface area contributed by atoms with Crippen LogP contribution in [0.2, 0.25) is 0 Å². The fourth-order valence-corrected chi connectivity index (χ4v) is 3.33. The van der Waals surface area contributed by atoms with E-state index in [-0.39, 0.29) is 12.1 Å². The molecule has 25 heavy (non-hydrogen) atoms. The Morgan fingerprint density at radius 1 is 1.20 bits per heavy atom. The number of carbonyl (C=O) groups is 1. The van der Waals surface area contributed by atoms with Gasteiger partial charge in [0.05, 0.1) is 12.8 Å². The molecule has 134 valence electrons. The van der Waals surface area contributed by atoms with Crippen LogP contribution >= 0.6 is 0 Å². The summed E-state index contributed by atoms with van der Waals surface area (Å²) in [4.78, 5) is 17.0. The summed E-state index contributed by atoms with van der Waals surface area (Å²) in [6, 6.07) is 14.2. The number of amides is 2. The second-order valence-corrected chi connectivity index (χ2v) is 6.96. The number of hydrogen-bond acceptors (Lipinski definition) is 3. The lowest BCUT2D eigenvalue weighted by Gasteiger charge is -2.43. The molecule has 0 bridgehead atoms. The molecule has 0 radical (unpaired) electrons. The van der Waals surface area contributed by atoms with Crippen molar-refractivity contribution in [1.29, 1.82) is 0 Å². The van der Waals surface area contributed by atoms with E-state index in [1.807, 2.05) is 47.4 Å². The zero-order chi connectivity index (χ0) is 17.6. The number of piperazine rings is 1. The number of nitrogens with one attached hydrogen (secondary N) is 1. The first-order chi connectivity index (χ1) is 12.1. The molecule has 3 rings (SSSR count). The van der Waals surface area contributed by atoms with Crippen LogP contribution in [0.15, 0.2) is 53.1 Å². The molecule has 5 heteroatoms. The summed E-state index contributed by atoms with van der Waals surface area (Å²) in [5.74, 6) is 1.38. The Morgan fingerprint density at radius 2 is 2.00 bits per heavy atom. The number of hydrogen-bond donors (Lipinski definition) is 1. The average Bonchev–Trinajstić information content (AvgIpc) is 3.13. The summed E-state index contributed by atoms with van der Waals surface area (Å²) in [6.45, 7) is 8.20. The minimum absolute atomic E-state index is 0.0280. The van der Waals surface area contributed by atoms with Gasteiger partial charge in [-0.2, -0.15) is 0 Å².